The molecule has 0 heterocycles. The highest BCUT2D eigenvalue weighted by Crippen LogP contribution is 2.01. The normalized spacial score (nSPS) is 9.50. The van der Waals surface area contributed by atoms with Gasteiger partial charge >= 0.3 is 0 Å². The van der Waals surface area contributed by atoms with Crippen molar-refractivity contribution in [3.63, 3.8) is 0 Å². The third-order valence-electron chi connectivity index (χ3n) is 0.0400. The minimum absolute atomic E-state index is 0.0262. The van der Waals surface area contributed by atoms with Crippen molar-refractivity contribution in [2.45, 2.75) is 0 Å². The lowest BCUT2D eigenvalue weighted by Crippen LogP contribution is -1.09. The van der Waals surface area contributed by atoms with Crippen LogP contribution in [-0.2, 0) is 0 Å². The summed E-state index contributed by atoms with van der Waals surface area (Å²) in [6.45, 7) is 0. The van der Waals surface area contributed by atoms with Crippen molar-refractivity contribution in [2.24, 2.45) is 0 Å². The van der Waals surface area contributed by atoms with Crippen LogP contribution in [0, 0.1) is 0 Å². The van der Waals surface area contributed by atoms with Crippen LogP contribution in [0.2, 0.25) is 0 Å². The molecule has 0 rings (SSSR count). The van der Waals surface area contributed by atoms with E-state index < -0.39 is 0 Å². The molecule has 2 nitrogen and oxygen atoms in total. The zero-order chi connectivity index (χ0) is 3.41. The van der Waals surface area contributed by atoms with Gasteiger partial charge in [-0.05, 0) is 0 Å². The molecule has 4 heteroatoms. The molecule has 0 unspecified atom stereocenters. The van der Waals surface area contributed by atoms with Crippen LogP contribution < -0.4 is 0 Å². The van der Waals surface area contributed by atoms with Crippen LogP contribution in [0.3, 0.4) is 0 Å². The zero-order valence-electron chi connectivity index (χ0n) is 1.79. The first kappa shape index (κ1) is 4.52. The zero-order valence-corrected chi connectivity index (χ0v) is 3.58. The highest BCUT2D eigenvalue weighted by molar-refractivity contribution is 7.77. The molecule has 24 valence electrons. The molecule has 0 aromatic carbocycles. The SMILES string of the molecule is OP=PO. The lowest BCUT2D eigenvalue weighted by Gasteiger charge is -1.47. The van der Waals surface area contributed by atoms with Gasteiger partial charge in [0.1, 0.15) is 16.2 Å². The standard InChI is InChI=1S/H2O2P2/c1-3-4-2/h1-2H. The largest absolute Gasteiger partial charge is 0.337 e. The van der Waals surface area contributed by atoms with Crippen molar-refractivity contribution in [2.75, 3.05) is 0 Å². The van der Waals surface area contributed by atoms with E-state index in [1.54, 1.807) is 0 Å². The molecule has 4 heavy (non-hydrogen) atoms. The average Bonchev–Trinajstić information content (AvgIpc) is 1.37. The third-order valence-corrected chi connectivity index (χ3v) is 0.360. The monoisotopic (exact) mass is 96.0 g/mol. The molecule has 0 aliphatic rings. The van der Waals surface area contributed by atoms with Crippen LogP contribution in [0.1, 0.15) is 0 Å². The van der Waals surface area contributed by atoms with Crippen molar-refractivity contribution < 1.29 is 9.79 Å². The molecule has 0 aromatic rings. The van der Waals surface area contributed by atoms with Crippen molar-refractivity contribution >= 4 is 16.2 Å². The summed E-state index contributed by atoms with van der Waals surface area (Å²) in [5, 5.41) is 0. The van der Waals surface area contributed by atoms with E-state index in [0.717, 1.165) is 0 Å². The van der Waals surface area contributed by atoms with E-state index in [4.69, 9.17) is 9.79 Å². The first-order chi connectivity index (χ1) is 1.91. The summed E-state index contributed by atoms with van der Waals surface area (Å²) < 4.78 is 0. The van der Waals surface area contributed by atoms with Crippen molar-refractivity contribution in [3.05, 3.63) is 0 Å². The van der Waals surface area contributed by atoms with E-state index in [9.17, 15) is 0 Å². The predicted octanol–water partition coefficient (Wildman–Crippen LogP) is 0.608. The molecule has 0 spiro atoms. The summed E-state index contributed by atoms with van der Waals surface area (Å²) >= 11 is 0. The Bertz CT molecular complexity index is 19.2. The smallest absolute Gasteiger partial charge is 0.113 e. The molecule has 0 aliphatic heterocycles. The second-order valence-electron chi connectivity index (χ2n) is 0.179. The van der Waals surface area contributed by atoms with Gasteiger partial charge in [-0.1, -0.05) is 0 Å². The fourth-order valence-corrected chi connectivity index (χ4v) is 0. The van der Waals surface area contributed by atoms with Crippen molar-refractivity contribution in [1.29, 1.82) is 0 Å². The summed E-state index contributed by atoms with van der Waals surface area (Å²) in [5.41, 5.74) is 0. The molecule has 0 amide bonds. The van der Waals surface area contributed by atoms with Crippen LogP contribution in [0.15, 0.2) is 0 Å². The molecule has 0 aromatic heterocycles. The lowest BCUT2D eigenvalue weighted by atomic mass is 15.9. The van der Waals surface area contributed by atoms with Crippen LogP contribution in [0.5, 0.6) is 0 Å². The second-order valence-corrected chi connectivity index (χ2v) is 1.61. The van der Waals surface area contributed by atoms with Crippen LogP contribution in [-0.4, -0.2) is 9.79 Å². The van der Waals surface area contributed by atoms with Gasteiger partial charge in [-0.3, -0.25) is 0 Å². The maximum atomic E-state index is 7.58. The first-order valence-electron chi connectivity index (χ1n) is 0.600. The second kappa shape index (κ2) is 3.52. The Hall–Kier alpha value is 0.520. The van der Waals surface area contributed by atoms with Gasteiger partial charge in [-0.2, -0.15) is 0 Å². The van der Waals surface area contributed by atoms with E-state index in [1.807, 2.05) is 0 Å². The minimum Gasteiger partial charge on any atom is -0.337 e. The predicted molar refractivity (Wildman–Crippen MR) is 18.3 cm³/mol. The first-order valence-corrected chi connectivity index (χ1v) is 3.00. The average molecular weight is 96.0 g/mol. The Balaban J connectivity index is 2.55. The Morgan fingerprint density at radius 2 is 1.25 bits per heavy atom. The van der Waals surface area contributed by atoms with E-state index in [0.29, 0.717) is 0 Å². The number of hydrogen-bond donors (Lipinski definition) is 2. The summed E-state index contributed by atoms with van der Waals surface area (Å²) in [4.78, 5) is 15.2. The molecule has 0 saturated heterocycles. The molecule has 0 atom stereocenters. The fourth-order valence-electron chi connectivity index (χ4n) is 0. The molecule has 2 N–H and O–H groups in total. The van der Waals surface area contributed by atoms with Gasteiger partial charge in [0, 0.05) is 0 Å². The van der Waals surface area contributed by atoms with E-state index >= 15 is 0 Å². The minimum atomic E-state index is 0.0262. The van der Waals surface area contributed by atoms with Gasteiger partial charge in [0.2, 0.25) is 0 Å². The molecular weight excluding hydrogens is 93.9 g/mol. The molecule has 0 saturated carbocycles. The van der Waals surface area contributed by atoms with E-state index in [-0.39, 0.29) is 16.2 Å². The van der Waals surface area contributed by atoms with Gasteiger partial charge in [0.15, 0.2) is 0 Å². The van der Waals surface area contributed by atoms with Gasteiger partial charge in [0.25, 0.3) is 0 Å². The Morgan fingerprint density at radius 3 is 1.25 bits per heavy atom. The highest BCUT2D eigenvalue weighted by atomic mass is 31.7. The summed E-state index contributed by atoms with van der Waals surface area (Å²) in [6.07, 6.45) is 0. The molecule has 0 radical (unpaired) electrons. The Morgan fingerprint density at radius 1 is 1.00 bits per heavy atom. The third kappa shape index (κ3) is 2.52. The fraction of sp³-hybridized carbons (Fsp3) is 0. The molecule has 0 fully saturated rings. The van der Waals surface area contributed by atoms with E-state index in [2.05, 4.69) is 0 Å². The summed E-state index contributed by atoms with van der Waals surface area (Å²) in [6, 6.07) is 0. The molecular formula is H2O2P2. The van der Waals surface area contributed by atoms with Crippen LogP contribution in [0.4, 0.5) is 0 Å². The van der Waals surface area contributed by atoms with Crippen molar-refractivity contribution in [3.8, 4) is 0 Å². The van der Waals surface area contributed by atoms with Gasteiger partial charge in [-0.15, -0.1) is 0 Å². The highest BCUT2D eigenvalue weighted by Gasteiger charge is 1.40. The summed E-state index contributed by atoms with van der Waals surface area (Å²) in [5.74, 6) is 0. The van der Waals surface area contributed by atoms with Gasteiger partial charge in [0.05, 0.1) is 0 Å². The Kier molecular flexibility index (Phi) is 3.98. The lowest BCUT2D eigenvalue weighted by molar-refractivity contribution is 0.644. The number of rotatable bonds is 0. The van der Waals surface area contributed by atoms with Crippen LogP contribution in [0.25, 0.3) is 0 Å². The van der Waals surface area contributed by atoms with Gasteiger partial charge < -0.3 is 9.79 Å². The quantitative estimate of drug-likeness (QED) is 0.433. The van der Waals surface area contributed by atoms with Crippen LogP contribution >= 0.6 is 16.2 Å². The number of hydrogen-bond acceptors (Lipinski definition) is 0. The maximum Gasteiger partial charge on any atom is 0.113 e. The van der Waals surface area contributed by atoms with E-state index in [1.165, 1.54) is 0 Å². The Labute approximate surface area is 27.1 Å². The van der Waals surface area contributed by atoms with Gasteiger partial charge in [-0.25, -0.2) is 0 Å². The maximum absolute atomic E-state index is 7.58. The summed E-state index contributed by atoms with van der Waals surface area (Å²) in [7, 11) is 0.0525. The van der Waals surface area contributed by atoms with Crippen molar-refractivity contribution in [1.82, 2.24) is 0 Å². The molecule has 0 bridgehead atoms. The molecule has 0 aliphatic carbocycles. The topological polar surface area (TPSA) is 40.5 Å².